The van der Waals surface area contributed by atoms with Crippen LogP contribution in [0.2, 0.25) is 0 Å². The minimum absolute atomic E-state index is 0.119. The number of amides is 1. The van der Waals surface area contributed by atoms with E-state index in [1.165, 1.54) is 11.8 Å². The van der Waals surface area contributed by atoms with E-state index in [4.69, 9.17) is 5.84 Å². The number of carbonyl (C=O) groups is 1. The lowest BCUT2D eigenvalue weighted by Crippen LogP contribution is -2.38. The van der Waals surface area contributed by atoms with E-state index >= 15 is 0 Å². The van der Waals surface area contributed by atoms with Crippen molar-refractivity contribution < 1.29 is 9.18 Å². The van der Waals surface area contributed by atoms with Crippen molar-refractivity contribution in [3.8, 4) is 0 Å². The Kier molecular flexibility index (Phi) is 2.78. The number of nitrogens with zero attached hydrogens (tertiary/aromatic N) is 1. The van der Waals surface area contributed by atoms with Gasteiger partial charge < -0.3 is 4.57 Å². The second-order valence-corrected chi connectivity index (χ2v) is 5.09. The van der Waals surface area contributed by atoms with E-state index in [0.29, 0.717) is 6.42 Å². The maximum atomic E-state index is 13.4. The molecule has 1 amide bonds. The monoisotopic (exact) mass is 261 g/mol. The molecule has 0 saturated carbocycles. The zero-order valence-electron chi connectivity index (χ0n) is 10.7. The third kappa shape index (κ3) is 1.81. The van der Waals surface area contributed by atoms with Crippen LogP contribution in [-0.4, -0.2) is 10.5 Å². The van der Waals surface area contributed by atoms with E-state index in [2.05, 4.69) is 9.99 Å². The molecule has 0 fully saturated rings. The summed E-state index contributed by atoms with van der Waals surface area (Å²) in [6, 6.07) is 4.82. The SMILES string of the molecule is Cn1c2c(c3cc(F)ccc31)CC(C(=O)NN)CC2. The Morgan fingerprint density at radius 2 is 2.32 bits per heavy atom. The largest absolute Gasteiger partial charge is 0.347 e. The highest BCUT2D eigenvalue weighted by Crippen LogP contribution is 2.34. The minimum atomic E-state index is -0.244. The molecule has 1 aliphatic carbocycles. The van der Waals surface area contributed by atoms with Gasteiger partial charge in [-0.2, -0.15) is 0 Å². The van der Waals surface area contributed by atoms with Crippen LogP contribution in [0.4, 0.5) is 4.39 Å². The first-order chi connectivity index (χ1) is 9.11. The van der Waals surface area contributed by atoms with Gasteiger partial charge in [0.2, 0.25) is 5.91 Å². The lowest BCUT2D eigenvalue weighted by atomic mass is 9.86. The molecule has 1 heterocycles. The van der Waals surface area contributed by atoms with Crippen molar-refractivity contribution in [3.63, 3.8) is 0 Å². The summed E-state index contributed by atoms with van der Waals surface area (Å²) in [7, 11) is 1.99. The average molecular weight is 261 g/mol. The Hall–Kier alpha value is -1.88. The molecule has 100 valence electrons. The number of nitrogens with one attached hydrogen (secondary N) is 1. The predicted molar refractivity (Wildman–Crippen MR) is 70.7 cm³/mol. The lowest BCUT2D eigenvalue weighted by Gasteiger charge is -2.21. The molecule has 0 spiro atoms. The van der Waals surface area contributed by atoms with Gasteiger partial charge in [0.25, 0.3) is 0 Å². The van der Waals surface area contributed by atoms with Gasteiger partial charge in [-0.25, -0.2) is 10.2 Å². The molecule has 1 aliphatic rings. The molecule has 5 heteroatoms. The van der Waals surface area contributed by atoms with Crippen LogP contribution in [0.5, 0.6) is 0 Å². The molecule has 19 heavy (non-hydrogen) atoms. The Balaban J connectivity index is 2.13. The van der Waals surface area contributed by atoms with Gasteiger partial charge in [0.05, 0.1) is 0 Å². The highest BCUT2D eigenvalue weighted by atomic mass is 19.1. The molecule has 4 nitrogen and oxygen atoms in total. The van der Waals surface area contributed by atoms with Crippen LogP contribution >= 0.6 is 0 Å². The number of hydrazine groups is 1. The van der Waals surface area contributed by atoms with Crippen LogP contribution in [0.1, 0.15) is 17.7 Å². The fourth-order valence-corrected chi connectivity index (χ4v) is 3.09. The summed E-state index contributed by atoms with van der Waals surface area (Å²) in [6.45, 7) is 0. The van der Waals surface area contributed by atoms with E-state index in [0.717, 1.165) is 29.3 Å². The van der Waals surface area contributed by atoms with Crippen molar-refractivity contribution in [1.29, 1.82) is 0 Å². The number of aromatic nitrogens is 1. The lowest BCUT2D eigenvalue weighted by molar-refractivity contribution is -0.125. The Morgan fingerprint density at radius 3 is 3.05 bits per heavy atom. The van der Waals surface area contributed by atoms with E-state index in [9.17, 15) is 9.18 Å². The average Bonchev–Trinajstić information content (AvgIpc) is 2.70. The van der Waals surface area contributed by atoms with Gasteiger partial charge in [0.15, 0.2) is 0 Å². The van der Waals surface area contributed by atoms with E-state index in [-0.39, 0.29) is 17.6 Å². The molecule has 0 saturated heterocycles. The molecular formula is C14H16FN3O. The van der Waals surface area contributed by atoms with Gasteiger partial charge in [-0.3, -0.25) is 10.2 Å². The number of fused-ring (bicyclic) bond motifs is 3. The fourth-order valence-electron chi connectivity index (χ4n) is 3.09. The Labute approximate surface area is 110 Å². The fraction of sp³-hybridized carbons (Fsp3) is 0.357. The van der Waals surface area contributed by atoms with Crippen LogP contribution < -0.4 is 11.3 Å². The molecule has 0 radical (unpaired) electrons. The predicted octanol–water partition coefficient (Wildman–Crippen LogP) is 1.41. The normalized spacial score (nSPS) is 18.4. The number of carbonyl (C=O) groups excluding carboxylic acids is 1. The number of aryl methyl sites for hydroxylation is 1. The van der Waals surface area contributed by atoms with Crippen LogP contribution in [0.3, 0.4) is 0 Å². The van der Waals surface area contributed by atoms with Gasteiger partial charge in [-0.15, -0.1) is 0 Å². The molecule has 1 aromatic heterocycles. The first kappa shape index (κ1) is 12.2. The van der Waals surface area contributed by atoms with Gasteiger partial charge in [0, 0.05) is 29.6 Å². The third-order valence-corrected chi connectivity index (χ3v) is 4.09. The smallest absolute Gasteiger partial charge is 0.237 e. The van der Waals surface area contributed by atoms with E-state index < -0.39 is 0 Å². The topological polar surface area (TPSA) is 60.0 Å². The van der Waals surface area contributed by atoms with E-state index in [1.807, 2.05) is 7.05 Å². The maximum absolute atomic E-state index is 13.4. The molecule has 1 aromatic carbocycles. The van der Waals surface area contributed by atoms with Crippen LogP contribution in [-0.2, 0) is 24.7 Å². The van der Waals surface area contributed by atoms with Crippen LogP contribution in [0.25, 0.3) is 10.9 Å². The highest BCUT2D eigenvalue weighted by Gasteiger charge is 2.28. The minimum Gasteiger partial charge on any atom is -0.347 e. The van der Waals surface area contributed by atoms with Crippen molar-refractivity contribution in [2.24, 2.45) is 18.8 Å². The van der Waals surface area contributed by atoms with Crippen molar-refractivity contribution in [3.05, 3.63) is 35.3 Å². The van der Waals surface area contributed by atoms with Gasteiger partial charge in [0.1, 0.15) is 5.82 Å². The third-order valence-electron chi connectivity index (χ3n) is 4.09. The summed E-state index contributed by atoms with van der Waals surface area (Å²) < 4.78 is 15.5. The number of benzene rings is 1. The van der Waals surface area contributed by atoms with Crippen molar-refractivity contribution in [1.82, 2.24) is 9.99 Å². The molecule has 1 unspecified atom stereocenters. The Bertz CT molecular complexity index is 662. The summed E-state index contributed by atoms with van der Waals surface area (Å²) >= 11 is 0. The van der Waals surface area contributed by atoms with Crippen molar-refractivity contribution >= 4 is 16.8 Å². The summed E-state index contributed by atoms with van der Waals surface area (Å²) in [6.07, 6.45) is 2.22. The number of halogens is 1. The quantitative estimate of drug-likeness (QED) is 0.463. The molecule has 1 atom stereocenters. The number of rotatable bonds is 1. The second-order valence-electron chi connectivity index (χ2n) is 5.09. The zero-order chi connectivity index (χ0) is 13.6. The first-order valence-electron chi connectivity index (χ1n) is 6.38. The zero-order valence-corrected chi connectivity index (χ0v) is 10.7. The number of hydrogen-bond donors (Lipinski definition) is 2. The molecule has 3 N–H and O–H groups in total. The number of hydrogen-bond acceptors (Lipinski definition) is 2. The number of nitrogens with two attached hydrogens (primary N) is 1. The Morgan fingerprint density at radius 1 is 1.53 bits per heavy atom. The van der Waals surface area contributed by atoms with Crippen LogP contribution in [0, 0.1) is 11.7 Å². The summed E-state index contributed by atoms with van der Waals surface area (Å²) in [5, 5.41) is 0.909. The standard InChI is InChI=1S/C14H16FN3O/c1-18-12-4-2-8(14(19)17-16)6-10(12)11-7-9(15)3-5-13(11)18/h3,5,7-8H,2,4,6,16H2,1H3,(H,17,19). The van der Waals surface area contributed by atoms with Crippen molar-refractivity contribution in [2.75, 3.05) is 0 Å². The summed E-state index contributed by atoms with van der Waals surface area (Å²) in [4.78, 5) is 11.7. The van der Waals surface area contributed by atoms with Gasteiger partial charge in [-0.05, 0) is 43.0 Å². The highest BCUT2D eigenvalue weighted by molar-refractivity contribution is 5.87. The molecule has 0 aliphatic heterocycles. The van der Waals surface area contributed by atoms with E-state index in [1.54, 1.807) is 12.1 Å². The maximum Gasteiger partial charge on any atom is 0.237 e. The molecule has 2 aromatic rings. The molecular weight excluding hydrogens is 245 g/mol. The second kappa shape index (κ2) is 4.35. The first-order valence-corrected chi connectivity index (χ1v) is 6.38. The van der Waals surface area contributed by atoms with Crippen LogP contribution in [0.15, 0.2) is 18.2 Å². The van der Waals surface area contributed by atoms with Gasteiger partial charge in [-0.1, -0.05) is 0 Å². The molecule has 0 bridgehead atoms. The summed E-state index contributed by atoms with van der Waals surface area (Å²) in [5.74, 6) is 4.70. The summed E-state index contributed by atoms with van der Waals surface area (Å²) in [5.41, 5.74) is 5.50. The van der Waals surface area contributed by atoms with Crippen molar-refractivity contribution in [2.45, 2.75) is 19.3 Å². The molecule has 3 rings (SSSR count). The van der Waals surface area contributed by atoms with Gasteiger partial charge >= 0.3 is 0 Å².